The minimum absolute atomic E-state index is 0.0190. The Labute approximate surface area is 153 Å². The van der Waals surface area contributed by atoms with Crippen LogP contribution in [0.5, 0.6) is 0 Å². The first-order chi connectivity index (χ1) is 12.5. The Balaban J connectivity index is 2.61. The average Bonchev–Trinajstić information content (AvgIpc) is 2.55. The lowest BCUT2D eigenvalue weighted by Gasteiger charge is -2.20. The molecule has 1 N–H and O–H groups in total. The minimum Gasteiger partial charge on any atom is -0.481 e. The Bertz CT molecular complexity index is 878. The van der Waals surface area contributed by atoms with E-state index in [0.29, 0.717) is 5.56 Å². The van der Waals surface area contributed by atoms with Crippen LogP contribution in [0.1, 0.15) is 23.6 Å². The van der Waals surface area contributed by atoms with Gasteiger partial charge >= 0.3 is 12.1 Å². The van der Waals surface area contributed by atoms with E-state index in [1.54, 1.807) is 0 Å². The molecule has 27 heavy (non-hydrogen) atoms. The summed E-state index contributed by atoms with van der Waals surface area (Å²) in [5.41, 5.74) is -0.353. The largest absolute Gasteiger partial charge is 0.481 e. The van der Waals surface area contributed by atoms with Gasteiger partial charge in [0.05, 0.1) is 12.0 Å². The molecule has 0 spiro atoms. The van der Waals surface area contributed by atoms with E-state index in [2.05, 4.69) is 0 Å². The van der Waals surface area contributed by atoms with Crippen LogP contribution < -0.4 is 0 Å². The number of hydrogen-bond donors (Lipinski definition) is 1. The zero-order valence-electron chi connectivity index (χ0n) is 14.6. The summed E-state index contributed by atoms with van der Waals surface area (Å²) in [5, 5.41) is 8.90. The predicted molar refractivity (Wildman–Crippen MR) is 90.3 cm³/mol. The fraction of sp³-hybridized carbons (Fsp3) is 0.263. The third kappa shape index (κ3) is 5.06. The van der Waals surface area contributed by atoms with E-state index in [1.807, 2.05) is 0 Å². The van der Waals surface area contributed by atoms with Gasteiger partial charge in [0.15, 0.2) is 0 Å². The molecule has 0 heterocycles. The first-order valence-electron chi connectivity index (χ1n) is 7.91. The van der Waals surface area contributed by atoms with Crippen molar-refractivity contribution in [3.8, 4) is 11.1 Å². The van der Waals surface area contributed by atoms with Gasteiger partial charge in [-0.15, -0.1) is 0 Å². The highest BCUT2D eigenvalue weighted by Crippen LogP contribution is 2.35. The number of carbonyl (C=O) groups is 2. The SMILES string of the molecule is CC(=O)N(C)Cc1cc(C(F)(F)F)ccc1-c1cc(CC(=O)O)ccc1F. The maximum Gasteiger partial charge on any atom is 0.416 e. The molecule has 144 valence electrons. The quantitative estimate of drug-likeness (QED) is 0.791. The number of carboxylic acid groups (broad SMARTS) is 1. The summed E-state index contributed by atoms with van der Waals surface area (Å²) in [6, 6.07) is 6.51. The van der Waals surface area contributed by atoms with Crippen LogP contribution in [0, 0.1) is 5.82 Å². The third-order valence-electron chi connectivity index (χ3n) is 4.05. The standard InChI is InChI=1S/C19H17F4NO3/c1-11(25)24(2)10-13-9-14(19(21,22)23)4-5-15(13)16-7-12(8-18(26)27)3-6-17(16)20/h3-7,9H,8,10H2,1-2H3,(H,26,27). The van der Waals surface area contributed by atoms with Gasteiger partial charge in [0.2, 0.25) is 5.91 Å². The Morgan fingerprint density at radius 3 is 2.30 bits per heavy atom. The molecule has 0 aliphatic heterocycles. The molecule has 0 bridgehead atoms. The lowest BCUT2D eigenvalue weighted by atomic mass is 9.94. The average molecular weight is 383 g/mol. The van der Waals surface area contributed by atoms with Crippen LogP contribution in [0.2, 0.25) is 0 Å². The van der Waals surface area contributed by atoms with Crippen LogP contribution in [0.15, 0.2) is 36.4 Å². The first-order valence-corrected chi connectivity index (χ1v) is 7.91. The van der Waals surface area contributed by atoms with Crippen molar-refractivity contribution in [3.05, 3.63) is 58.9 Å². The van der Waals surface area contributed by atoms with Gasteiger partial charge in [-0.1, -0.05) is 12.1 Å². The molecule has 0 saturated heterocycles. The molecule has 4 nitrogen and oxygen atoms in total. The number of alkyl halides is 3. The highest BCUT2D eigenvalue weighted by molar-refractivity contribution is 5.75. The van der Waals surface area contributed by atoms with Crippen molar-refractivity contribution in [2.45, 2.75) is 26.1 Å². The number of aliphatic carboxylic acids is 1. The number of rotatable bonds is 5. The molecule has 1 amide bonds. The van der Waals surface area contributed by atoms with Crippen LogP contribution >= 0.6 is 0 Å². The fourth-order valence-corrected chi connectivity index (χ4v) is 2.59. The van der Waals surface area contributed by atoms with Crippen molar-refractivity contribution in [3.63, 3.8) is 0 Å². The lowest BCUT2D eigenvalue weighted by molar-refractivity contribution is -0.138. The molecule has 0 aromatic heterocycles. The molecule has 2 aromatic rings. The Hall–Kier alpha value is -2.90. The summed E-state index contributed by atoms with van der Waals surface area (Å²) < 4.78 is 53.5. The van der Waals surface area contributed by atoms with Gasteiger partial charge in [0.1, 0.15) is 5.82 Å². The van der Waals surface area contributed by atoms with Crippen molar-refractivity contribution >= 4 is 11.9 Å². The molecule has 0 aliphatic rings. The summed E-state index contributed by atoms with van der Waals surface area (Å²) in [5.74, 6) is -2.18. The fourth-order valence-electron chi connectivity index (χ4n) is 2.59. The molecule has 0 saturated carbocycles. The van der Waals surface area contributed by atoms with Crippen molar-refractivity contribution < 1.29 is 32.3 Å². The van der Waals surface area contributed by atoms with Crippen LogP contribution in [-0.4, -0.2) is 28.9 Å². The van der Waals surface area contributed by atoms with E-state index >= 15 is 0 Å². The topological polar surface area (TPSA) is 57.6 Å². The summed E-state index contributed by atoms with van der Waals surface area (Å²) in [7, 11) is 1.42. The van der Waals surface area contributed by atoms with Crippen molar-refractivity contribution in [2.75, 3.05) is 7.05 Å². The van der Waals surface area contributed by atoms with Crippen LogP contribution in [-0.2, 0) is 28.7 Å². The van der Waals surface area contributed by atoms with Gasteiger partial charge in [-0.2, -0.15) is 13.2 Å². The van der Waals surface area contributed by atoms with E-state index in [0.717, 1.165) is 24.3 Å². The molecule has 8 heteroatoms. The third-order valence-corrected chi connectivity index (χ3v) is 4.05. The molecule has 0 atom stereocenters. The number of carboxylic acids is 1. The van der Waals surface area contributed by atoms with E-state index in [1.165, 1.54) is 31.0 Å². The van der Waals surface area contributed by atoms with Crippen LogP contribution in [0.4, 0.5) is 17.6 Å². The summed E-state index contributed by atoms with van der Waals surface area (Å²) >= 11 is 0. The van der Waals surface area contributed by atoms with E-state index in [4.69, 9.17) is 5.11 Å². The van der Waals surface area contributed by atoms with Crippen molar-refractivity contribution in [1.82, 2.24) is 4.90 Å². The maximum atomic E-state index is 14.4. The van der Waals surface area contributed by atoms with Gasteiger partial charge in [0, 0.05) is 26.1 Å². The van der Waals surface area contributed by atoms with E-state index in [-0.39, 0.29) is 35.6 Å². The van der Waals surface area contributed by atoms with Gasteiger partial charge in [-0.05, 0) is 41.0 Å². The second kappa shape index (κ2) is 7.77. The Kier molecular flexibility index (Phi) is 5.88. The van der Waals surface area contributed by atoms with Gasteiger partial charge < -0.3 is 10.0 Å². The minimum atomic E-state index is -4.59. The van der Waals surface area contributed by atoms with E-state index in [9.17, 15) is 27.2 Å². The van der Waals surface area contributed by atoms with Crippen LogP contribution in [0.3, 0.4) is 0 Å². The summed E-state index contributed by atoms with van der Waals surface area (Å²) in [4.78, 5) is 23.6. The number of carbonyl (C=O) groups excluding carboxylic acids is 1. The van der Waals surface area contributed by atoms with Gasteiger partial charge in [-0.25, -0.2) is 4.39 Å². The van der Waals surface area contributed by atoms with Gasteiger partial charge in [-0.3, -0.25) is 9.59 Å². The molecular weight excluding hydrogens is 366 g/mol. The molecule has 0 fully saturated rings. The zero-order valence-corrected chi connectivity index (χ0v) is 14.6. The lowest BCUT2D eigenvalue weighted by Crippen LogP contribution is -2.23. The molecule has 0 aliphatic carbocycles. The summed E-state index contributed by atoms with van der Waals surface area (Å²) in [6.45, 7) is 1.11. The molecule has 2 rings (SSSR count). The van der Waals surface area contributed by atoms with Crippen LogP contribution in [0.25, 0.3) is 11.1 Å². The number of amides is 1. The summed E-state index contributed by atoms with van der Waals surface area (Å²) in [6.07, 6.45) is -4.94. The van der Waals surface area contributed by atoms with E-state index < -0.39 is 23.5 Å². The molecular formula is C19H17F4NO3. The van der Waals surface area contributed by atoms with Crippen molar-refractivity contribution in [2.24, 2.45) is 0 Å². The number of halogens is 4. The predicted octanol–water partition coefficient (Wildman–Crippen LogP) is 4.12. The second-order valence-electron chi connectivity index (χ2n) is 6.13. The highest BCUT2D eigenvalue weighted by atomic mass is 19.4. The monoisotopic (exact) mass is 383 g/mol. The smallest absolute Gasteiger partial charge is 0.416 e. The Morgan fingerprint density at radius 2 is 1.74 bits per heavy atom. The molecule has 0 unspecified atom stereocenters. The number of hydrogen-bond acceptors (Lipinski definition) is 2. The van der Waals surface area contributed by atoms with Crippen molar-refractivity contribution in [1.29, 1.82) is 0 Å². The number of benzene rings is 2. The molecule has 2 aromatic carbocycles. The highest BCUT2D eigenvalue weighted by Gasteiger charge is 2.31. The normalized spacial score (nSPS) is 11.3. The first kappa shape index (κ1) is 20.4. The van der Waals surface area contributed by atoms with Gasteiger partial charge in [0.25, 0.3) is 0 Å². The Morgan fingerprint density at radius 1 is 1.07 bits per heavy atom. The zero-order chi connectivity index (χ0) is 20.4. The molecule has 0 radical (unpaired) electrons. The number of nitrogens with zero attached hydrogens (tertiary/aromatic N) is 1. The second-order valence-corrected chi connectivity index (χ2v) is 6.13. The maximum absolute atomic E-state index is 14.4.